The lowest BCUT2D eigenvalue weighted by atomic mass is 9.84. The molecule has 0 heterocycles. The number of carbonyl (C=O) groups excluding carboxylic acids is 1. The van der Waals surface area contributed by atoms with Crippen LogP contribution in [0.25, 0.3) is 0 Å². The molecule has 26 heavy (non-hydrogen) atoms. The normalized spacial score (nSPS) is 26.4. The van der Waals surface area contributed by atoms with Crippen LogP contribution in [0.2, 0.25) is 0 Å². The largest absolute Gasteiger partial charge is 0.491 e. The molecule has 2 saturated carbocycles. The third-order valence-corrected chi connectivity index (χ3v) is 5.65. The summed E-state index contributed by atoms with van der Waals surface area (Å²) in [5.74, 6) is 1.90. The number of fused-ring (bicyclic) bond motifs is 2. The Balaban J connectivity index is 0.00000243. The molecule has 1 amide bonds. The van der Waals surface area contributed by atoms with Crippen LogP contribution in [0.3, 0.4) is 0 Å². The van der Waals surface area contributed by atoms with Gasteiger partial charge in [0, 0.05) is 24.8 Å². The molecule has 2 fully saturated rings. The number of halogens is 1. The molecule has 0 spiro atoms. The lowest BCUT2D eigenvalue weighted by Gasteiger charge is -2.27. The van der Waals surface area contributed by atoms with E-state index >= 15 is 0 Å². The smallest absolute Gasteiger partial charge is 0.225 e. The van der Waals surface area contributed by atoms with Crippen LogP contribution < -0.4 is 15.8 Å². The van der Waals surface area contributed by atoms with Gasteiger partial charge in [0.2, 0.25) is 5.91 Å². The molecule has 4 atom stereocenters. The number of hydrogen-bond acceptors (Lipinski definition) is 4. The molecule has 6 heteroatoms. The van der Waals surface area contributed by atoms with E-state index in [9.17, 15) is 4.79 Å². The van der Waals surface area contributed by atoms with Crippen molar-refractivity contribution in [3.05, 3.63) is 29.3 Å². The average molecular weight is 383 g/mol. The molecule has 3 N–H and O–H groups in total. The third kappa shape index (κ3) is 4.70. The van der Waals surface area contributed by atoms with E-state index in [1.165, 1.54) is 6.42 Å². The van der Waals surface area contributed by atoms with E-state index in [4.69, 9.17) is 15.2 Å². The Morgan fingerprint density at radius 3 is 2.73 bits per heavy atom. The average Bonchev–Trinajstić information content (AvgIpc) is 3.19. The molecular formula is C20H31ClN2O3. The first-order valence-electron chi connectivity index (χ1n) is 9.43. The van der Waals surface area contributed by atoms with Crippen molar-refractivity contribution < 1.29 is 14.3 Å². The summed E-state index contributed by atoms with van der Waals surface area (Å²) in [4.78, 5) is 12.6. The van der Waals surface area contributed by atoms with Gasteiger partial charge in [-0.15, -0.1) is 12.4 Å². The minimum atomic E-state index is -0.0217. The zero-order chi connectivity index (χ0) is 17.8. The Morgan fingerprint density at radius 1 is 1.27 bits per heavy atom. The summed E-state index contributed by atoms with van der Waals surface area (Å²) in [6.07, 6.45) is 3.45. The Kier molecular flexibility index (Phi) is 7.74. The van der Waals surface area contributed by atoms with Crippen molar-refractivity contribution in [1.29, 1.82) is 0 Å². The molecule has 2 bridgehead atoms. The van der Waals surface area contributed by atoms with Gasteiger partial charge in [-0.3, -0.25) is 4.79 Å². The molecular weight excluding hydrogens is 352 g/mol. The van der Waals surface area contributed by atoms with Crippen LogP contribution >= 0.6 is 12.4 Å². The number of aryl methyl sites for hydroxylation is 1. The summed E-state index contributed by atoms with van der Waals surface area (Å²) in [7, 11) is 0. The minimum absolute atomic E-state index is 0. The second kappa shape index (κ2) is 9.58. The molecule has 146 valence electrons. The lowest BCUT2D eigenvalue weighted by Crippen LogP contribution is -2.45. The Morgan fingerprint density at radius 2 is 2.04 bits per heavy atom. The maximum atomic E-state index is 12.6. The van der Waals surface area contributed by atoms with Gasteiger partial charge in [0.1, 0.15) is 12.4 Å². The van der Waals surface area contributed by atoms with E-state index in [-0.39, 0.29) is 30.3 Å². The fraction of sp³-hybridized carbons (Fsp3) is 0.650. The third-order valence-electron chi connectivity index (χ3n) is 5.65. The van der Waals surface area contributed by atoms with Crippen molar-refractivity contribution in [2.75, 3.05) is 19.8 Å². The summed E-state index contributed by atoms with van der Waals surface area (Å²) in [6.45, 7) is 6.24. The zero-order valence-corrected chi connectivity index (χ0v) is 16.5. The molecule has 0 saturated heterocycles. The first-order valence-corrected chi connectivity index (χ1v) is 9.43. The predicted octanol–water partition coefficient (Wildman–Crippen LogP) is 2.82. The van der Waals surface area contributed by atoms with E-state index in [1.807, 2.05) is 32.0 Å². The first kappa shape index (κ1) is 21.0. The Labute approximate surface area is 162 Å². The molecule has 0 aromatic heterocycles. The van der Waals surface area contributed by atoms with Gasteiger partial charge in [-0.1, -0.05) is 12.1 Å². The van der Waals surface area contributed by atoms with E-state index in [2.05, 4.69) is 5.32 Å². The van der Waals surface area contributed by atoms with Crippen LogP contribution in [0.1, 0.15) is 37.3 Å². The number of amides is 1. The van der Waals surface area contributed by atoms with Crippen molar-refractivity contribution in [2.24, 2.45) is 23.5 Å². The molecule has 3 rings (SSSR count). The quantitative estimate of drug-likeness (QED) is 0.678. The SMILES string of the molecule is CCOCCOc1cc(C)ccc1CNC(=O)C1C2CCC(C2)C1N.Cl. The van der Waals surface area contributed by atoms with Crippen LogP contribution in [0.5, 0.6) is 5.75 Å². The molecule has 0 aliphatic heterocycles. The van der Waals surface area contributed by atoms with Crippen molar-refractivity contribution in [2.45, 2.75) is 45.7 Å². The fourth-order valence-electron chi connectivity index (χ4n) is 4.32. The number of ether oxygens (including phenoxy) is 2. The monoisotopic (exact) mass is 382 g/mol. The van der Waals surface area contributed by atoms with E-state index < -0.39 is 0 Å². The zero-order valence-electron chi connectivity index (χ0n) is 15.7. The van der Waals surface area contributed by atoms with Crippen LogP contribution in [-0.4, -0.2) is 31.8 Å². The molecule has 1 aromatic rings. The molecule has 4 unspecified atom stereocenters. The predicted molar refractivity (Wildman–Crippen MR) is 105 cm³/mol. The van der Waals surface area contributed by atoms with Crippen LogP contribution in [0.4, 0.5) is 0 Å². The van der Waals surface area contributed by atoms with Gasteiger partial charge in [-0.25, -0.2) is 0 Å². The number of benzene rings is 1. The molecule has 5 nitrogen and oxygen atoms in total. The van der Waals surface area contributed by atoms with Crippen molar-refractivity contribution in [3.63, 3.8) is 0 Å². The van der Waals surface area contributed by atoms with Gasteiger partial charge >= 0.3 is 0 Å². The Bertz CT molecular complexity index is 609. The Hall–Kier alpha value is -1.30. The highest BCUT2D eigenvalue weighted by Crippen LogP contribution is 2.47. The maximum absolute atomic E-state index is 12.6. The summed E-state index contributed by atoms with van der Waals surface area (Å²) in [5.41, 5.74) is 8.41. The first-order chi connectivity index (χ1) is 12.1. The molecule has 0 radical (unpaired) electrons. The fourth-order valence-corrected chi connectivity index (χ4v) is 4.32. The number of rotatable bonds is 8. The molecule has 1 aromatic carbocycles. The second-order valence-electron chi connectivity index (χ2n) is 7.31. The maximum Gasteiger partial charge on any atom is 0.225 e. The van der Waals surface area contributed by atoms with Crippen LogP contribution in [0.15, 0.2) is 18.2 Å². The number of hydrogen-bond donors (Lipinski definition) is 2. The van der Waals surface area contributed by atoms with Gasteiger partial charge in [0.25, 0.3) is 0 Å². The minimum Gasteiger partial charge on any atom is -0.491 e. The number of carbonyl (C=O) groups is 1. The second-order valence-corrected chi connectivity index (χ2v) is 7.31. The van der Waals surface area contributed by atoms with Crippen molar-refractivity contribution in [3.8, 4) is 5.75 Å². The summed E-state index contributed by atoms with van der Waals surface area (Å²) in [6, 6.07) is 6.10. The number of nitrogens with one attached hydrogen (secondary N) is 1. The number of nitrogens with two attached hydrogens (primary N) is 1. The molecule has 2 aliphatic rings. The lowest BCUT2D eigenvalue weighted by molar-refractivity contribution is -0.127. The van der Waals surface area contributed by atoms with Gasteiger partial charge < -0.3 is 20.5 Å². The summed E-state index contributed by atoms with van der Waals surface area (Å²) >= 11 is 0. The topological polar surface area (TPSA) is 73.6 Å². The van der Waals surface area contributed by atoms with E-state index in [0.717, 1.165) is 29.7 Å². The van der Waals surface area contributed by atoms with Crippen LogP contribution in [-0.2, 0) is 16.1 Å². The van der Waals surface area contributed by atoms with Gasteiger partial charge in [0.15, 0.2) is 0 Å². The highest BCUT2D eigenvalue weighted by atomic mass is 35.5. The van der Waals surface area contributed by atoms with Crippen molar-refractivity contribution >= 4 is 18.3 Å². The van der Waals surface area contributed by atoms with Crippen molar-refractivity contribution in [1.82, 2.24) is 5.32 Å². The summed E-state index contributed by atoms with van der Waals surface area (Å²) < 4.78 is 11.2. The van der Waals surface area contributed by atoms with Gasteiger partial charge in [-0.05, 0) is 56.6 Å². The van der Waals surface area contributed by atoms with Gasteiger partial charge in [-0.2, -0.15) is 0 Å². The summed E-state index contributed by atoms with van der Waals surface area (Å²) in [5, 5.41) is 3.09. The standard InChI is InChI=1S/C20H30N2O3.ClH/c1-3-24-8-9-25-17-10-13(2)4-5-16(17)12-22-20(23)18-14-6-7-15(11-14)19(18)21;/h4-5,10,14-15,18-19H,3,6-9,11-12,21H2,1-2H3,(H,22,23);1H. The van der Waals surface area contributed by atoms with E-state index in [0.29, 0.717) is 38.2 Å². The highest BCUT2D eigenvalue weighted by molar-refractivity contribution is 5.85. The van der Waals surface area contributed by atoms with Crippen LogP contribution in [0, 0.1) is 24.7 Å². The van der Waals surface area contributed by atoms with Gasteiger partial charge in [0.05, 0.1) is 12.5 Å². The molecule has 2 aliphatic carbocycles. The highest BCUT2D eigenvalue weighted by Gasteiger charge is 2.48. The van der Waals surface area contributed by atoms with E-state index in [1.54, 1.807) is 0 Å².